The van der Waals surface area contributed by atoms with Gasteiger partial charge in [0, 0.05) is 112 Å². The van der Waals surface area contributed by atoms with Crippen molar-refractivity contribution >= 4 is 157 Å². The number of esters is 6. The van der Waals surface area contributed by atoms with Gasteiger partial charge in [-0.15, -0.1) is 0 Å². The van der Waals surface area contributed by atoms with Gasteiger partial charge in [0.25, 0.3) is 23.2 Å². The summed E-state index contributed by atoms with van der Waals surface area (Å²) in [7, 11) is 2.74. The Hall–Kier alpha value is -12.1. The van der Waals surface area contributed by atoms with Crippen LogP contribution in [0.5, 0.6) is 11.5 Å². The topological polar surface area (TPSA) is 528 Å². The number of methoxy groups -OCH3 is 2. The van der Waals surface area contributed by atoms with Gasteiger partial charge in [0.15, 0.2) is 32.8 Å². The quantitative estimate of drug-likeness (QED) is 0.00386. The number of ether oxygens (including phenoxy) is 9. The zero-order chi connectivity index (χ0) is 92.2. The lowest BCUT2D eigenvalue weighted by Crippen LogP contribution is -2.55. The predicted molar refractivity (Wildman–Crippen MR) is 439 cm³/mol. The molecule has 125 heavy (non-hydrogen) atoms. The molecule has 676 valence electrons. The number of pyridine rings is 2. The van der Waals surface area contributed by atoms with E-state index in [1.165, 1.54) is 50.9 Å². The maximum atomic E-state index is 16.1. The molecule has 2 saturated carbocycles. The molecule has 0 radical (unpaired) electrons. The minimum absolute atomic E-state index is 0.0731. The maximum Gasteiger partial charge on any atom is 0.410 e. The molecule has 10 rings (SSSR count). The summed E-state index contributed by atoms with van der Waals surface area (Å²) in [6.45, 7) is 8.37. The van der Waals surface area contributed by atoms with Crippen LogP contribution in [0.3, 0.4) is 0 Å². The van der Waals surface area contributed by atoms with Gasteiger partial charge in [-0.2, -0.15) is 0 Å². The van der Waals surface area contributed by atoms with Crippen LogP contribution in [0.25, 0.3) is 21.8 Å². The Balaban J connectivity index is 0.000000286. The Labute approximate surface area is 728 Å². The van der Waals surface area contributed by atoms with Gasteiger partial charge in [-0.25, -0.2) is 32.8 Å². The average Bonchev–Trinajstić information content (AvgIpc) is 1.68. The van der Waals surface area contributed by atoms with Crippen molar-refractivity contribution in [3.8, 4) is 11.5 Å². The number of anilines is 2. The van der Waals surface area contributed by atoms with Gasteiger partial charge in [-0.3, -0.25) is 58.6 Å². The van der Waals surface area contributed by atoms with Gasteiger partial charge in [0.05, 0.1) is 83.6 Å². The number of nitrogens with zero attached hydrogens (tertiary/aromatic N) is 7. The molecule has 2 saturated heterocycles. The molecule has 4 heterocycles. The molecule has 6 aromatic rings. The zero-order valence-corrected chi connectivity index (χ0v) is 70.9. The number of halogens is 6. The number of rotatable bonds is 34. The number of nitrogens with one attached hydrogen (secondary N) is 3. The first-order valence-electron chi connectivity index (χ1n) is 38.3. The normalized spacial score (nSPS) is 16.0. The summed E-state index contributed by atoms with van der Waals surface area (Å²) >= 11 is 22.4. The fourth-order valence-corrected chi connectivity index (χ4v) is 13.2. The van der Waals surface area contributed by atoms with Crippen LogP contribution in [0.4, 0.5) is 36.3 Å². The summed E-state index contributed by atoms with van der Waals surface area (Å²) in [4.78, 5) is 182. The summed E-state index contributed by atoms with van der Waals surface area (Å²) in [5, 5.41) is 66.9. The zero-order valence-electron chi connectivity index (χ0n) is 67.9. The first kappa shape index (κ1) is 98.3. The Morgan fingerprint density at radius 3 is 1.28 bits per heavy atom. The molecule has 40 nitrogen and oxygen atoms in total. The summed E-state index contributed by atoms with van der Waals surface area (Å²) in [5.74, 6) is -11.7. The third-order valence-electron chi connectivity index (χ3n) is 19.2. The highest BCUT2D eigenvalue weighted by atomic mass is 35.5. The lowest BCUT2D eigenvalue weighted by molar-refractivity contribution is -0.385. The molecule has 2 aromatic heterocycles. The smallest absolute Gasteiger partial charge is 0.410 e. The number of alkyl halides is 4. The van der Waals surface area contributed by atoms with E-state index in [0.717, 1.165) is 49.2 Å². The van der Waals surface area contributed by atoms with Crippen molar-refractivity contribution in [3.05, 3.63) is 160 Å². The second kappa shape index (κ2) is 44.5. The number of hydrogen-bond acceptors (Lipinski definition) is 31. The van der Waals surface area contributed by atoms with Gasteiger partial charge >= 0.3 is 53.8 Å². The summed E-state index contributed by atoms with van der Waals surface area (Å²) in [6.07, 6.45) is 0.982. The number of carboxylic acids is 2. The van der Waals surface area contributed by atoms with E-state index in [0.29, 0.717) is 50.1 Å². The first-order chi connectivity index (χ1) is 59.0. The third kappa shape index (κ3) is 27.2. The van der Waals surface area contributed by atoms with Crippen molar-refractivity contribution in [3.63, 3.8) is 0 Å². The van der Waals surface area contributed by atoms with Crippen molar-refractivity contribution in [1.82, 2.24) is 30.0 Å². The molecule has 2 aliphatic heterocycles. The van der Waals surface area contributed by atoms with E-state index in [2.05, 4.69) is 16.0 Å². The number of aliphatic hydroxyl groups is 2. The van der Waals surface area contributed by atoms with Crippen molar-refractivity contribution < 1.29 is 134 Å². The van der Waals surface area contributed by atoms with E-state index in [1.807, 2.05) is 18.7 Å². The van der Waals surface area contributed by atoms with Crippen LogP contribution in [0.15, 0.2) is 94.8 Å². The number of carbonyl (C=O) groups is 11. The Morgan fingerprint density at radius 1 is 0.576 bits per heavy atom. The molecule has 2 unspecified atom stereocenters. The van der Waals surface area contributed by atoms with Crippen LogP contribution >= 0.6 is 46.4 Å². The van der Waals surface area contributed by atoms with Crippen LogP contribution < -0.4 is 46.1 Å². The SMILES string of the molecule is COc1c(N2CCN(C(=O)OC(C)(C)C)C(C)C2)c(F)cc2c(=O)c(C(=O)OCOC(=O)CCC(=O)OC[C@@H](NC(=O)C(Cl)Cl)[C@H](O)c3ccc([N+](=O)[O-])cc3)cn(C3CC3)c12.COc1c(N2CCNC(C)C2)c(F)cc2c(=O)c(C(=O)OCOC(=O)CCC(=O)OC[C@@H](NC(=O)C(Cl)Cl)[C@H](O)c3ccc([N+](=O)[O-])cc3)cn(C3CC3)c12.O=C(O)/C=C/C(=O)O. The number of carboxylic acid groups (broad SMARTS) is 2. The second-order valence-electron chi connectivity index (χ2n) is 29.5. The lowest BCUT2D eigenvalue weighted by atomic mass is 10.0. The number of carbonyl (C=O) groups excluding carboxylic acids is 9. The maximum absolute atomic E-state index is 16.1. The molecular weight excluding hydrogens is 1750 g/mol. The van der Waals surface area contributed by atoms with Gasteiger partial charge in [-0.05, 0) is 108 Å². The number of amides is 3. The standard InChI is InChI=1S/C40H46Cl2FN5O14.C35H38Cl2FN5O12.C4H4O4/c1-21-17-45(14-15-46(21)39(55)62-40(2,3)4)32-27(43)16-25-31(35(32)58-5)47(23-10-11-23)18-26(34(25)52)38(54)61-20-60-30(50)13-12-29(49)59-19-28(44-37(53)36(41)42)33(51)22-6-8-24(9-7-22)48(56)57;1-18-14-41(12-11-39-18)29-24(38)13-22-28(32(29)52-2)42(20-7-8-20)15-23(31(22)47)35(49)55-17-54-27(45)10-9-26(44)53-16-25(40-34(48)33(36)37)30(46)19-3-5-21(6-4-19)43(50)51;5-3(6)1-2-4(7)8/h6-9,16,18,21,23,28,33,36,51H,10-15,17,19-20H2,1-5H3,(H,44,53);3-6,13,15,18,20,25,30,33,39,46H,7-12,14,16-17H2,1-2H3,(H,40,48);1-2H,(H,5,6)(H,7,8)/b;;2-1+/t21?,28-,33-;18?,25-,30-;/m11./s1. The van der Waals surface area contributed by atoms with Gasteiger partial charge < -0.3 is 103 Å². The largest absolute Gasteiger partial charge is 0.492 e. The van der Waals surface area contributed by atoms with E-state index in [-0.39, 0.29) is 105 Å². The number of hydrogen-bond donors (Lipinski definition) is 7. The van der Waals surface area contributed by atoms with Crippen LogP contribution in [-0.4, -0.2) is 230 Å². The third-order valence-corrected chi connectivity index (χ3v) is 20.0. The Morgan fingerprint density at radius 2 is 0.952 bits per heavy atom. The predicted octanol–water partition coefficient (Wildman–Crippen LogP) is 7.75. The summed E-state index contributed by atoms with van der Waals surface area (Å²) in [5.41, 5.74) is -2.51. The molecule has 6 atom stereocenters. The molecule has 4 fully saturated rings. The van der Waals surface area contributed by atoms with Crippen molar-refractivity contribution in [2.75, 3.05) is 90.1 Å². The number of aliphatic hydroxyl groups excluding tert-OH is 2. The highest BCUT2D eigenvalue weighted by molar-refractivity contribution is 6.54. The van der Waals surface area contributed by atoms with Crippen LogP contribution in [0.2, 0.25) is 0 Å². The number of fused-ring (bicyclic) bond motifs is 2. The highest BCUT2D eigenvalue weighted by Gasteiger charge is 2.39. The van der Waals surface area contributed by atoms with Crippen molar-refractivity contribution in [2.45, 2.75) is 150 Å². The number of non-ortho nitro benzene ring substituents is 2. The molecular formula is C79H88Cl4F2N10O30. The Bertz CT molecular complexity index is 5190. The van der Waals surface area contributed by atoms with E-state index >= 15 is 8.78 Å². The molecule has 3 amide bonds. The minimum atomic E-state index is -1.54. The molecule has 4 aliphatic rings. The number of nitro groups is 2. The minimum Gasteiger partial charge on any atom is -0.492 e. The van der Waals surface area contributed by atoms with Crippen molar-refractivity contribution in [1.29, 1.82) is 0 Å². The number of aromatic nitrogens is 2. The monoisotopic (exact) mass is 1830 g/mol. The van der Waals surface area contributed by atoms with E-state index in [9.17, 15) is 92.8 Å². The van der Waals surface area contributed by atoms with Crippen LogP contribution in [0.1, 0.15) is 142 Å². The van der Waals surface area contributed by atoms with Gasteiger partial charge in [0.1, 0.15) is 53.5 Å². The van der Waals surface area contributed by atoms with E-state index in [1.54, 1.807) is 39.7 Å². The molecule has 2 aliphatic carbocycles. The number of aliphatic carboxylic acids is 2. The van der Waals surface area contributed by atoms with Crippen LogP contribution in [-0.2, 0) is 71.5 Å². The first-order valence-corrected chi connectivity index (χ1v) is 40.0. The molecule has 4 aromatic carbocycles. The second-order valence-corrected chi connectivity index (χ2v) is 31.7. The molecule has 0 bridgehead atoms. The van der Waals surface area contributed by atoms with Gasteiger partial charge in [-0.1, -0.05) is 46.4 Å². The van der Waals surface area contributed by atoms with E-state index in [4.69, 9.17) is 99.2 Å². The molecule has 46 heteroatoms. The number of nitro benzene ring substituents is 2. The average molecular weight is 1840 g/mol. The highest BCUT2D eigenvalue weighted by Crippen LogP contribution is 2.46. The molecule has 7 N–H and O–H groups in total. The summed E-state index contributed by atoms with van der Waals surface area (Å²) < 4.78 is 82.4. The fourth-order valence-electron chi connectivity index (χ4n) is 12.9. The Kier molecular flexibility index (Phi) is 35.0. The molecule has 0 spiro atoms. The number of benzene rings is 4. The lowest BCUT2D eigenvalue weighted by Gasteiger charge is -2.41. The van der Waals surface area contributed by atoms with Crippen LogP contribution in [0, 0.1) is 31.9 Å². The van der Waals surface area contributed by atoms with Crippen molar-refractivity contribution in [2.24, 2.45) is 0 Å². The summed E-state index contributed by atoms with van der Waals surface area (Å²) in [6, 6.07) is 8.51. The number of piperazine rings is 2. The fraction of sp³-hybridized carbons (Fsp3) is 0.456. The van der Waals surface area contributed by atoms with Gasteiger partial charge in [0.2, 0.25) is 24.4 Å². The van der Waals surface area contributed by atoms with E-state index < -0.39 is 201 Å².